The number of hydrogen-bond acceptors (Lipinski definition) is 5. The Kier molecular flexibility index (Phi) is 4.66. The van der Waals surface area contributed by atoms with Crippen molar-refractivity contribution in [2.75, 3.05) is 10.2 Å². The second kappa shape index (κ2) is 7.71. The van der Waals surface area contributed by atoms with Gasteiger partial charge in [-0.05, 0) is 42.2 Å². The Hall–Kier alpha value is -3.71. The minimum absolute atomic E-state index is 0.114. The molecule has 1 fully saturated rings. The van der Waals surface area contributed by atoms with Gasteiger partial charge in [0.15, 0.2) is 0 Å². The molecule has 1 saturated heterocycles. The first-order valence-corrected chi connectivity index (χ1v) is 11.3. The fourth-order valence-corrected chi connectivity index (χ4v) is 4.88. The molecule has 1 aromatic heterocycles. The average molecular weight is 458 g/mol. The van der Waals surface area contributed by atoms with Gasteiger partial charge in [-0.1, -0.05) is 66.2 Å². The number of carbonyl (C=O) groups is 2. The van der Waals surface area contributed by atoms with Gasteiger partial charge in [0, 0.05) is 10.7 Å². The zero-order valence-corrected chi connectivity index (χ0v) is 18.3. The number of allylic oxidation sites excluding steroid dienone is 3. The SMILES string of the molecule is O=C1[C@@H]2CC=CC[C@H]2C(=O)N1c1nc2n(n1)[C@H](c1ccc(Cl)cc1)C=C(c1ccccc1)N2. The van der Waals surface area contributed by atoms with E-state index in [2.05, 4.69) is 21.5 Å². The number of aromatic nitrogens is 3. The molecule has 0 radical (unpaired) electrons. The van der Waals surface area contributed by atoms with Crippen LogP contribution in [0.1, 0.15) is 30.0 Å². The minimum Gasteiger partial charge on any atom is -0.324 e. The van der Waals surface area contributed by atoms with Gasteiger partial charge in [-0.25, -0.2) is 9.58 Å². The van der Waals surface area contributed by atoms with E-state index < -0.39 is 0 Å². The summed E-state index contributed by atoms with van der Waals surface area (Å²) in [5.41, 5.74) is 2.83. The van der Waals surface area contributed by atoms with Gasteiger partial charge in [0.05, 0.1) is 11.8 Å². The summed E-state index contributed by atoms with van der Waals surface area (Å²) < 4.78 is 1.71. The summed E-state index contributed by atoms with van der Waals surface area (Å²) >= 11 is 6.11. The molecule has 2 aromatic carbocycles. The standard InChI is InChI=1S/C25H20ClN5O2/c26-17-12-10-16(11-13-17)21-14-20(15-6-2-1-3-7-15)27-24-28-25(29-31(21)24)30-22(32)18-8-4-5-9-19(18)23(30)33/h1-7,10-14,18-19,21H,8-9H2,(H,27,28,29)/t18-,19-,21+/m1/s1. The molecule has 3 aliphatic rings. The van der Waals surface area contributed by atoms with Crippen LogP contribution in [-0.2, 0) is 9.59 Å². The van der Waals surface area contributed by atoms with Crippen molar-refractivity contribution in [3.8, 4) is 0 Å². The first-order chi connectivity index (χ1) is 16.1. The van der Waals surface area contributed by atoms with Crippen LogP contribution in [0.2, 0.25) is 5.02 Å². The highest BCUT2D eigenvalue weighted by Gasteiger charge is 2.49. The fourth-order valence-electron chi connectivity index (χ4n) is 4.76. The number of imide groups is 1. The summed E-state index contributed by atoms with van der Waals surface area (Å²) in [4.78, 5) is 31.9. The van der Waals surface area contributed by atoms with Gasteiger partial charge in [-0.2, -0.15) is 4.98 Å². The average Bonchev–Trinajstić information content (AvgIpc) is 3.38. The molecule has 0 spiro atoms. The molecule has 7 nitrogen and oxygen atoms in total. The molecule has 164 valence electrons. The molecule has 0 unspecified atom stereocenters. The van der Waals surface area contributed by atoms with Crippen molar-refractivity contribution in [2.45, 2.75) is 18.9 Å². The molecule has 3 atom stereocenters. The molecule has 2 aliphatic heterocycles. The van der Waals surface area contributed by atoms with E-state index >= 15 is 0 Å². The number of carbonyl (C=O) groups excluding carboxylic acids is 2. The van der Waals surface area contributed by atoms with Crippen LogP contribution in [0.25, 0.3) is 5.70 Å². The predicted molar refractivity (Wildman–Crippen MR) is 126 cm³/mol. The van der Waals surface area contributed by atoms with Crippen LogP contribution in [-0.4, -0.2) is 26.6 Å². The molecule has 3 heterocycles. The third kappa shape index (κ3) is 3.27. The highest BCUT2D eigenvalue weighted by molar-refractivity contribution is 6.30. The van der Waals surface area contributed by atoms with E-state index in [1.807, 2.05) is 66.7 Å². The molecular weight excluding hydrogens is 438 g/mol. The van der Waals surface area contributed by atoms with Crippen LogP contribution >= 0.6 is 11.6 Å². The van der Waals surface area contributed by atoms with Crippen molar-refractivity contribution in [3.05, 3.63) is 89.0 Å². The van der Waals surface area contributed by atoms with Gasteiger partial charge in [-0.3, -0.25) is 9.59 Å². The monoisotopic (exact) mass is 457 g/mol. The van der Waals surface area contributed by atoms with E-state index in [0.717, 1.165) is 21.7 Å². The van der Waals surface area contributed by atoms with Crippen LogP contribution in [0.15, 0.2) is 72.8 Å². The summed E-state index contributed by atoms with van der Waals surface area (Å²) in [6, 6.07) is 17.2. The maximum absolute atomic E-state index is 13.1. The van der Waals surface area contributed by atoms with Gasteiger partial charge in [0.2, 0.25) is 17.8 Å². The first-order valence-electron chi connectivity index (χ1n) is 10.9. The normalized spacial score (nSPS) is 23.7. The van der Waals surface area contributed by atoms with Gasteiger partial charge in [0.1, 0.15) is 6.04 Å². The summed E-state index contributed by atoms with van der Waals surface area (Å²) in [6.07, 6.45) is 7.14. The number of fused-ring (bicyclic) bond motifs is 2. The Balaban J connectivity index is 1.43. The highest BCUT2D eigenvalue weighted by atomic mass is 35.5. The van der Waals surface area contributed by atoms with E-state index in [4.69, 9.17) is 11.6 Å². The van der Waals surface area contributed by atoms with E-state index in [-0.39, 0.29) is 35.6 Å². The van der Waals surface area contributed by atoms with Gasteiger partial charge in [-0.15, -0.1) is 5.10 Å². The Morgan fingerprint density at radius 3 is 2.24 bits per heavy atom. The summed E-state index contributed by atoms with van der Waals surface area (Å²) in [7, 11) is 0. The van der Waals surface area contributed by atoms with Crippen molar-refractivity contribution in [2.24, 2.45) is 11.8 Å². The summed E-state index contributed by atoms with van der Waals surface area (Å²) in [6.45, 7) is 0. The number of nitrogens with zero attached hydrogens (tertiary/aromatic N) is 4. The molecular formula is C25H20ClN5O2. The van der Waals surface area contributed by atoms with Crippen LogP contribution in [0, 0.1) is 11.8 Å². The number of amides is 2. The molecule has 3 aromatic rings. The second-order valence-corrected chi connectivity index (χ2v) is 8.85. The van der Waals surface area contributed by atoms with Gasteiger partial charge in [0.25, 0.3) is 5.95 Å². The van der Waals surface area contributed by atoms with Crippen LogP contribution in [0.4, 0.5) is 11.9 Å². The van der Waals surface area contributed by atoms with Crippen LogP contribution < -0.4 is 10.2 Å². The topological polar surface area (TPSA) is 80.1 Å². The molecule has 0 bridgehead atoms. The van der Waals surface area contributed by atoms with Crippen molar-refractivity contribution < 1.29 is 9.59 Å². The summed E-state index contributed by atoms with van der Waals surface area (Å²) in [5.74, 6) is -0.529. The van der Waals surface area contributed by atoms with Crippen LogP contribution in [0.5, 0.6) is 0 Å². The fraction of sp³-hybridized carbons (Fsp3) is 0.200. The van der Waals surface area contributed by atoms with E-state index in [1.165, 1.54) is 0 Å². The quantitative estimate of drug-likeness (QED) is 0.464. The van der Waals surface area contributed by atoms with Crippen LogP contribution in [0.3, 0.4) is 0 Å². The third-order valence-corrected chi connectivity index (χ3v) is 6.71. The van der Waals surface area contributed by atoms with E-state index in [1.54, 1.807) is 4.68 Å². The molecule has 0 saturated carbocycles. The Morgan fingerprint density at radius 1 is 0.909 bits per heavy atom. The van der Waals surface area contributed by atoms with Crippen molar-refractivity contribution in [1.82, 2.24) is 14.8 Å². The number of halogens is 1. The second-order valence-electron chi connectivity index (χ2n) is 8.42. The number of nitrogens with one attached hydrogen (secondary N) is 1. The lowest BCUT2D eigenvalue weighted by molar-refractivity contribution is -0.122. The van der Waals surface area contributed by atoms with E-state index in [0.29, 0.717) is 23.8 Å². The van der Waals surface area contributed by atoms with Crippen molar-refractivity contribution in [3.63, 3.8) is 0 Å². The minimum atomic E-state index is -0.332. The molecule has 1 N–H and O–H groups in total. The van der Waals surface area contributed by atoms with Gasteiger partial charge >= 0.3 is 0 Å². The zero-order valence-electron chi connectivity index (χ0n) is 17.6. The Morgan fingerprint density at radius 2 is 1.58 bits per heavy atom. The first kappa shape index (κ1) is 19.9. The zero-order chi connectivity index (χ0) is 22.5. The predicted octanol–water partition coefficient (Wildman–Crippen LogP) is 4.44. The highest BCUT2D eigenvalue weighted by Crippen LogP contribution is 2.39. The lowest BCUT2D eigenvalue weighted by Gasteiger charge is -2.24. The number of benzene rings is 2. The maximum Gasteiger partial charge on any atom is 0.260 e. The molecule has 6 rings (SSSR count). The largest absolute Gasteiger partial charge is 0.324 e. The molecule has 33 heavy (non-hydrogen) atoms. The van der Waals surface area contributed by atoms with E-state index in [9.17, 15) is 9.59 Å². The number of hydrogen-bond donors (Lipinski definition) is 1. The maximum atomic E-state index is 13.1. The lowest BCUT2D eigenvalue weighted by Crippen LogP contribution is -2.32. The van der Waals surface area contributed by atoms with Crippen molar-refractivity contribution in [1.29, 1.82) is 0 Å². The number of rotatable bonds is 3. The Bertz CT molecular complexity index is 1290. The Labute approximate surface area is 195 Å². The molecule has 8 heteroatoms. The smallest absolute Gasteiger partial charge is 0.260 e. The summed E-state index contributed by atoms with van der Waals surface area (Å²) in [5, 5.41) is 8.60. The third-order valence-electron chi connectivity index (χ3n) is 6.46. The van der Waals surface area contributed by atoms with Gasteiger partial charge < -0.3 is 5.32 Å². The van der Waals surface area contributed by atoms with Crippen molar-refractivity contribution >= 4 is 41.0 Å². The lowest BCUT2D eigenvalue weighted by atomic mass is 9.85. The molecule has 1 aliphatic carbocycles. The number of anilines is 2. The molecule has 2 amide bonds.